The summed E-state index contributed by atoms with van der Waals surface area (Å²) < 4.78 is 29.4. The van der Waals surface area contributed by atoms with Gasteiger partial charge in [0.1, 0.15) is 18.1 Å². The van der Waals surface area contributed by atoms with Crippen LogP contribution in [0.15, 0.2) is 36.5 Å². The van der Waals surface area contributed by atoms with Gasteiger partial charge in [-0.1, -0.05) is 24.6 Å². The molecule has 5 nitrogen and oxygen atoms in total. The second-order valence-corrected chi connectivity index (χ2v) is 6.60. The summed E-state index contributed by atoms with van der Waals surface area (Å²) in [6, 6.07) is 7.47. The number of alkyl halides is 2. The molecule has 0 bridgehead atoms. The minimum absolute atomic E-state index is 0.0437. The third-order valence-corrected chi connectivity index (χ3v) is 4.32. The summed E-state index contributed by atoms with van der Waals surface area (Å²) in [6.45, 7) is 2.80. The van der Waals surface area contributed by atoms with Gasteiger partial charge in [-0.05, 0) is 36.8 Å². The third-order valence-electron chi connectivity index (χ3n) is 4.02. The highest BCUT2D eigenvalue weighted by Crippen LogP contribution is 2.28. The smallest absolute Gasteiger partial charge is 0.272 e. The number of nitrogens with one attached hydrogen (secondary N) is 1. The van der Waals surface area contributed by atoms with E-state index in [1.807, 2.05) is 0 Å². The number of halogens is 3. The standard InChI is InChI=1S/C20H21ClF2N2O3/c1-3-16(26)10-15-8-14(6-7-24-15)20(27)25-12(2)13-4-5-18(17(21)9-13)28-11-19(22)23/h4-9,12,19H,3,10-11H2,1-2H3,(H,25,27). The number of aromatic nitrogens is 1. The number of hydrogen-bond donors (Lipinski definition) is 1. The molecule has 0 fully saturated rings. The molecule has 0 aliphatic heterocycles. The van der Waals surface area contributed by atoms with E-state index >= 15 is 0 Å². The highest BCUT2D eigenvalue weighted by atomic mass is 35.5. The Kier molecular flexibility index (Phi) is 7.87. The minimum Gasteiger partial charge on any atom is -0.486 e. The molecule has 2 rings (SSSR count). The van der Waals surface area contributed by atoms with Crippen LogP contribution >= 0.6 is 11.6 Å². The van der Waals surface area contributed by atoms with Gasteiger partial charge >= 0.3 is 0 Å². The zero-order valence-electron chi connectivity index (χ0n) is 15.5. The van der Waals surface area contributed by atoms with E-state index in [0.717, 1.165) is 0 Å². The number of pyridine rings is 1. The Morgan fingerprint density at radius 1 is 1.25 bits per heavy atom. The van der Waals surface area contributed by atoms with Crippen LogP contribution in [-0.4, -0.2) is 29.7 Å². The number of nitrogens with zero attached hydrogens (tertiary/aromatic N) is 1. The summed E-state index contributed by atoms with van der Waals surface area (Å²) in [5.41, 5.74) is 1.62. The van der Waals surface area contributed by atoms with E-state index < -0.39 is 13.0 Å². The van der Waals surface area contributed by atoms with Crippen LogP contribution in [0.25, 0.3) is 0 Å². The lowest BCUT2D eigenvalue weighted by atomic mass is 10.1. The summed E-state index contributed by atoms with van der Waals surface area (Å²) >= 11 is 6.07. The number of Topliss-reactive ketones (excluding diaryl/α,β-unsaturated/α-hetero) is 1. The highest BCUT2D eigenvalue weighted by molar-refractivity contribution is 6.32. The topological polar surface area (TPSA) is 68.3 Å². The van der Waals surface area contributed by atoms with Gasteiger partial charge in [0.05, 0.1) is 11.1 Å². The van der Waals surface area contributed by atoms with Gasteiger partial charge in [0, 0.05) is 30.3 Å². The van der Waals surface area contributed by atoms with Crippen molar-refractivity contribution in [2.24, 2.45) is 0 Å². The van der Waals surface area contributed by atoms with Gasteiger partial charge in [-0.3, -0.25) is 14.6 Å². The zero-order valence-corrected chi connectivity index (χ0v) is 16.3. The second-order valence-electron chi connectivity index (χ2n) is 6.19. The fourth-order valence-corrected chi connectivity index (χ4v) is 2.71. The number of amides is 1. The first kappa shape index (κ1) is 21.8. The van der Waals surface area contributed by atoms with Crippen molar-refractivity contribution in [1.82, 2.24) is 10.3 Å². The molecule has 1 aromatic carbocycles. The largest absolute Gasteiger partial charge is 0.486 e. The van der Waals surface area contributed by atoms with E-state index in [9.17, 15) is 18.4 Å². The number of ether oxygens (including phenoxy) is 1. The summed E-state index contributed by atoms with van der Waals surface area (Å²) in [4.78, 5) is 28.2. The molecular weight excluding hydrogens is 390 g/mol. The van der Waals surface area contributed by atoms with Crippen molar-refractivity contribution in [3.05, 3.63) is 58.4 Å². The lowest BCUT2D eigenvalue weighted by Gasteiger charge is -2.16. The molecule has 0 aliphatic rings. The molecule has 1 unspecified atom stereocenters. The fourth-order valence-electron chi connectivity index (χ4n) is 2.46. The second kappa shape index (κ2) is 10.1. The first-order chi connectivity index (χ1) is 13.3. The molecule has 0 radical (unpaired) electrons. The van der Waals surface area contributed by atoms with Gasteiger partial charge in [-0.2, -0.15) is 0 Å². The average molecular weight is 411 g/mol. The maximum atomic E-state index is 12.5. The first-order valence-corrected chi connectivity index (χ1v) is 9.15. The fraction of sp³-hybridized carbons (Fsp3) is 0.350. The summed E-state index contributed by atoms with van der Waals surface area (Å²) in [6.07, 6.45) is -0.508. The lowest BCUT2D eigenvalue weighted by Crippen LogP contribution is -2.27. The first-order valence-electron chi connectivity index (χ1n) is 8.78. The van der Waals surface area contributed by atoms with Gasteiger partial charge in [0.25, 0.3) is 12.3 Å². The normalized spacial score (nSPS) is 11.9. The number of rotatable bonds is 9. The number of carbonyl (C=O) groups excluding carboxylic acids is 2. The molecular formula is C20H21ClF2N2O3. The predicted octanol–water partition coefficient (Wildman–Crippen LogP) is 4.39. The number of benzene rings is 1. The van der Waals surface area contributed by atoms with Crippen LogP contribution in [0.2, 0.25) is 5.02 Å². The van der Waals surface area contributed by atoms with E-state index in [4.69, 9.17) is 16.3 Å². The molecule has 0 saturated carbocycles. The Morgan fingerprint density at radius 3 is 2.64 bits per heavy atom. The van der Waals surface area contributed by atoms with Gasteiger partial charge in [-0.15, -0.1) is 0 Å². The van der Waals surface area contributed by atoms with Crippen LogP contribution in [0.4, 0.5) is 8.78 Å². The lowest BCUT2D eigenvalue weighted by molar-refractivity contribution is -0.118. The van der Waals surface area contributed by atoms with Gasteiger partial charge < -0.3 is 10.1 Å². The Balaban J connectivity index is 2.05. The molecule has 1 aromatic heterocycles. The molecule has 2 aromatic rings. The van der Waals surface area contributed by atoms with Gasteiger partial charge in [0.2, 0.25) is 0 Å². The van der Waals surface area contributed by atoms with Crippen LogP contribution in [0, 0.1) is 0 Å². The molecule has 1 amide bonds. The van der Waals surface area contributed by atoms with E-state index in [2.05, 4.69) is 10.3 Å². The van der Waals surface area contributed by atoms with Crippen molar-refractivity contribution >= 4 is 23.3 Å². The minimum atomic E-state index is -2.59. The molecule has 0 aliphatic carbocycles. The monoisotopic (exact) mass is 410 g/mol. The number of hydrogen-bond acceptors (Lipinski definition) is 4. The van der Waals surface area contributed by atoms with E-state index in [1.165, 1.54) is 12.3 Å². The zero-order chi connectivity index (χ0) is 20.7. The number of ketones is 1. The van der Waals surface area contributed by atoms with Crippen molar-refractivity contribution < 1.29 is 23.1 Å². The van der Waals surface area contributed by atoms with E-state index in [-0.39, 0.29) is 34.9 Å². The quantitative estimate of drug-likeness (QED) is 0.665. The molecule has 1 heterocycles. The number of carbonyl (C=O) groups is 2. The van der Waals surface area contributed by atoms with Crippen LogP contribution < -0.4 is 10.1 Å². The molecule has 0 saturated heterocycles. The van der Waals surface area contributed by atoms with Crippen LogP contribution in [0.1, 0.15) is 47.9 Å². The van der Waals surface area contributed by atoms with Crippen LogP contribution in [0.3, 0.4) is 0 Å². The molecule has 28 heavy (non-hydrogen) atoms. The summed E-state index contributed by atoms with van der Waals surface area (Å²) in [5.74, 6) is -0.125. The van der Waals surface area contributed by atoms with Gasteiger partial charge in [-0.25, -0.2) is 8.78 Å². The Hall–Kier alpha value is -2.54. The van der Waals surface area contributed by atoms with Crippen molar-refractivity contribution in [1.29, 1.82) is 0 Å². The van der Waals surface area contributed by atoms with Crippen molar-refractivity contribution in [2.75, 3.05) is 6.61 Å². The average Bonchev–Trinajstić information content (AvgIpc) is 2.66. The van der Waals surface area contributed by atoms with Crippen LogP contribution in [-0.2, 0) is 11.2 Å². The SMILES string of the molecule is CCC(=O)Cc1cc(C(=O)NC(C)c2ccc(OCC(F)F)c(Cl)c2)ccn1. The Morgan fingerprint density at radius 2 is 2.00 bits per heavy atom. The maximum absolute atomic E-state index is 12.5. The summed E-state index contributed by atoms with van der Waals surface area (Å²) in [7, 11) is 0. The molecule has 1 N–H and O–H groups in total. The predicted molar refractivity (Wildman–Crippen MR) is 102 cm³/mol. The molecule has 0 spiro atoms. The summed E-state index contributed by atoms with van der Waals surface area (Å²) in [5, 5.41) is 3.02. The van der Waals surface area contributed by atoms with Crippen LogP contribution in [0.5, 0.6) is 5.75 Å². The van der Waals surface area contributed by atoms with E-state index in [0.29, 0.717) is 23.2 Å². The Bertz CT molecular complexity index is 846. The van der Waals surface area contributed by atoms with Crippen molar-refractivity contribution in [3.8, 4) is 5.75 Å². The highest BCUT2D eigenvalue weighted by Gasteiger charge is 2.15. The molecule has 8 heteroatoms. The van der Waals surface area contributed by atoms with E-state index in [1.54, 1.807) is 38.1 Å². The molecule has 150 valence electrons. The molecule has 1 atom stereocenters. The van der Waals surface area contributed by atoms with Crippen molar-refractivity contribution in [2.45, 2.75) is 39.2 Å². The maximum Gasteiger partial charge on any atom is 0.272 e. The van der Waals surface area contributed by atoms with Crippen molar-refractivity contribution in [3.63, 3.8) is 0 Å². The third kappa shape index (κ3) is 6.27. The Labute approximate surface area is 167 Å². The van der Waals surface area contributed by atoms with Gasteiger partial charge in [0.15, 0.2) is 0 Å².